The third-order valence-corrected chi connectivity index (χ3v) is 4.80. The van der Waals surface area contributed by atoms with Gasteiger partial charge in [0.25, 0.3) is 0 Å². The second-order valence-corrected chi connectivity index (χ2v) is 6.12. The first-order chi connectivity index (χ1) is 8.22. The average Bonchev–Trinajstić information content (AvgIpc) is 2.33. The summed E-state index contributed by atoms with van der Waals surface area (Å²) in [5.41, 5.74) is 0. The van der Waals surface area contributed by atoms with Crippen LogP contribution in [0.15, 0.2) is 0 Å². The van der Waals surface area contributed by atoms with E-state index in [9.17, 15) is 0 Å². The summed E-state index contributed by atoms with van der Waals surface area (Å²) in [6.45, 7) is 11.9. The highest BCUT2D eigenvalue weighted by Crippen LogP contribution is 2.40. The minimum atomic E-state index is 0.947. The van der Waals surface area contributed by atoms with E-state index in [-0.39, 0.29) is 0 Å². The van der Waals surface area contributed by atoms with Crippen molar-refractivity contribution in [2.24, 2.45) is 23.7 Å². The topological polar surface area (TPSA) is 12.0 Å². The minimum Gasteiger partial charge on any atom is -0.316 e. The summed E-state index contributed by atoms with van der Waals surface area (Å²) in [7, 11) is 0. The molecule has 1 aliphatic carbocycles. The van der Waals surface area contributed by atoms with Crippen LogP contribution in [0.2, 0.25) is 0 Å². The van der Waals surface area contributed by atoms with Crippen LogP contribution in [0.3, 0.4) is 0 Å². The van der Waals surface area contributed by atoms with Gasteiger partial charge in [-0.3, -0.25) is 0 Å². The van der Waals surface area contributed by atoms with Crippen LogP contribution in [-0.2, 0) is 0 Å². The Morgan fingerprint density at radius 2 is 1.82 bits per heavy atom. The molecule has 1 aliphatic rings. The van der Waals surface area contributed by atoms with Crippen molar-refractivity contribution in [3.8, 4) is 0 Å². The van der Waals surface area contributed by atoms with Gasteiger partial charge in [-0.1, -0.05) is 47.0 Å². The van der Waals surface area contributed by atoms with Crippen LogP contribution in [0, 0.1) is 23.7 Å². The molecule has 17 heavy (non-hydrogen) atoms. The van der Waals surface area contributed by atoms with Crippen LogP contribution in [0.1, 0.15) is 66.2 Å². The van der Waals surface area contributed by atoms with Crippen LogP contribution in [0.25, 0.3) is 0 Å². The molecular formula is C16H33N. The van der Waals surface area contributed by atoms with Gasteiger partial charge in [0.2, 0.25) is 0 Å². The Morgan fingerprint density at radius 3 is 2.41 bits per heavy atom. The molecule has 1 saturated carbocycles. The van der Waals surface area contributed by atoms with Gasteiger partial charge in [0.15, 0.2) is 0 Å². The fraction of sp³-hybridized carbons (Fsp3) is 1.00. The van der Waals surface area contributed by atoms with Gasteiger partial charge < -0.3 is 5.32 Å². The van der Waals surface area contributed by atoms with Crippen molar-refractivity contribution in [2.75, 3.05) is 13.1 Å². The van der Waals surface area contributed by atoms with Gasteiger partial charge in [0.1, 0.15) is 0 Å². The van der Waals surface area contributed by atoms with Crippen LogP contribution in [-0.4, -0.2) is 13.1 Å². The maximum Gasteiger partial charge on any atom is -0.00178 e. The summed E-state index contributed by atoms with van der Waals surface area (Å²) in [5.74, 6) is 3.86. The normalized spacial score (nSPS) is 29.8. The Kier molecular flexibility index (Phi) is 7.18. The summed E-state index contributed by atoms with van der Waals surface area (Å²) < 4.78 is 0. The molecule has 1 heteroatoms. The molecule has 3 atom stereocenters. The molecule has 3 unspecified atom stereocenters. The van der Waals surface area contributed by atoms with E-state index in [0.717, 1.165) is 23.7 Å². The fourth-order valence-corrected chi connectivity index (χ4v) is 3.68. The van der Waals surface area contributed by atoms with Crippen LogP contribution < -0.4 is 5.32 Å². The predicted molar refractivity (Wildman–Crippen MR) is 77.2 cm³/mol. The van der Waals surface area contributed by atoms with E-state index >= 15 is 0 Å². The van der Waals surface area contributed by atoms with Gasteiger partial charge in [-0.15, -0.1) is 0 Å². The molecule has 0 aromatic carbocycles. The Balaban J connectivity index is 2.51. The number of hydrogen-bond donors (Lipinski definition) is 1. The van der Waals surface area contributed by atoms with Crippen molar-refractivity contribution in [1.82, 2.24) is 5.32 Å². The molecular weight excluding hydrogens is 206 g/mol. The van der Waals surface area contributed by atoms with Gasteiger partial charge in [-0.25, -0.2) is 0 Å². The fourth-order valence-electron chi connectivity index (χ4n) is 3.68. The first-order valence-corrected chi connectivity index (χ1v) is 7.93. The number of rotatable bonds is 7. The molecule has 0 bridgehead atoms. The highest BCUT2D eigenvalue weighted by molar-refractivity contribution is 4.83. The first kappa shape index (κ1) is 15.0. The summed E-state index contributed by atoms with van der Waals surface area (Å²) in [4.78, 5) is 0. The largest absolute Gasteiger partial charge is 0.316 e. The van der Waals surface area contributed by atoms with Gasteiger partial charge in [-0.2, -0.15) is 0 Å². The van der Waals surface area contributed by atoms with Crippen LogP contribution in [0.4, 0.5) is 0 Å². The molecule has 1 fully saturated rings. The summed E-state index contributed by atoms with van der Waals surface area (Å²) in [6.07, 6.45) is 8.40. The Labute approximate surface area is 109 Å². The molecule has 0 aromatic heterocycles. The summed E-state index contributed by atoms with van der Waals surface area (Å²) in [5, 5.41) is 3.65. The smallest absolute Gasteiger partial charge is 0.00178 e. The number of nitrogens with one attached hydrogen (secondary N) is 1. The third-order valence-electron chi connectivity index (χ3n) is 4.80. The molecule has 0 spiro atoms. The van der Waals surface area contributed by atoms with E-state index in [1.165, 1.54) is 51.6 Å². The maximum absolute atomic E-state index is 3.65. The molecule has 102 valence electrons. The zero-order valence-electron chi connectivity index (χ0n) is 12.5. The average molecular weight is 239 g/mol. The van der Waals surface area contributed by atoms with E-state index in [0.29, 0.717) is 0 Å². The van der Waals surface area contributed by atoms with E-state index in [1.54, 1.807) is 0 Å². The summed E-state index contributed by atoms with van der Waals surface area (Å²) >= 11 is 0. The zero-order chi connectivity index (χ0) is 12.7. The van der Waals surface area contributed by atoms with Crippen LogP contribution in [0.5, 0.6) is 0 Å². The lowest BCUT2D eigenvalue weighted by atomic mass is 9.67. The molecule has 0 aliphatic heterocycles. The molecule has 0 radical (unpaired) electrons. The highest BCUT2D eigenvalue weighted by Gasteiger charge is 2.32. The van der Waals surface area contributed by atoms with Crippen molar-refractivity contribution in [3.05, 3.63) is 0 Å². The van der Waals surface area contributed by atoms with E-state index < -0.39 is 0 Å². The molecule has 0 amide bonds. The van der Waals surface area contributed by atoms with E-state index in [2.05, 4.69) is 33.0 Å². The molecule has 0 saturated heterocycles. The van der Waals surface area contributed by atoms with Crippen molar-refractivity contribution in [3.63, 3.8) is 0 Å². The monoisotopic (exact) mass is 239 g/mol. The second kappa shape index (κ2) is 8.13. The molecule has 1 N–H and O–H groups in total. The third kappa shape index (κ3) is 4.62. The lowest BCUT2D eigenvalue weighted by molar-refractivity contribution is 0.119. The Morgan fingerprint density at radius 1 is 1.12 bits per heavy atom. The molecule has 0 heterocycles. The maximum atomic E-state index is 3.65. The van der Waals surface area contributed by atoms with Crippen molar-refractivity contribution in [2.45, 2.75) is 66.2 Å². The first-order valence-electron chi connectivity index (χ1n) is 7.93. The predicted octanol–water partition coefficient (Wildman–Crippen LogP) is 4.47. The summed E-state index contributed by atoms with van der Waals surface area (Å²) in [6, 6.07) is 0. The van der Waals surface area contributed by atoms with Crippen molar-refractivity contribution >= 4 is 0 Å². The van der Waals surface area contributed by atoms with Gasteiger partial charge in [0, 0.05) is 0 Å². The van der Waals surface area contributed by atoms with E-state index in [1.807, 2.05) is 0 Å². The second-order valence-electron chi connectivity index (χ2n) is 6.12. The SMILES string of the molecule is CCCNCC1CCC(C)CC1C(CC)CC. The van der Waals surface area contributed by atoms with Gasteiger partial charge >= 0.3 is 0 Å². The van der Waals surface area contributed by atoms with Crippen LogP contribution >= 0.6 is 0 Å². The standard InChI is InChI=1S/C16H33N/c1-5-10-17-12-15-9-8-13(4)11-16(15)14(6-2)7-3/h13-17H,5-12H2,1-4H3. The van der Waals surface area contributed by atoms with Crippen molar-refractivity contribution in [1.29, 1.82) is 0 Å². The molecule has 1 nitrogen and oxygen atoms in total. The number of hydrogen-bond acceptors (Lipinski definition) is 1. The van der Waals surface area contributed by atoms with Gasteiger partial charge in [-0.05, 0) is 56.0 Å². The molecule has 1 rings (SSSR count). The zero-order valence-corrected chi connectivity index (χ0v) is 12.5. The van der Waals surface area contributed by atoms with E-state index in [4.69, 9.17) is 0 Å². The van der Waals surface area contributed by atoms with Gasteiger partial charge in [0.05, 0.1) is 0 Å². The molecule has 0 aromatic rings. The Bertz CT molecular complexity index is 186. The highest BCUT2D eigenvalue weighted by atomic mass is 14.9. The minimum absolute atomic E-state index is 0.947. The lowest BCUT2D eigenvalue weighted by Crippen LogP contribution is -2.36. The van der Waals surface area contributed by atoms with Crippen molar-refractivity contribution < 1.29 is 0 Å². The quantitative estimate of drug-likeness (QED) is 0.646. The Hall–Kier alpha value is -0.0400. The lowest BCUT2D eigenvalue weighted by Gasteiger charge is -2.39.